The van der Waals surface area contributed by atoms with Gasteiger partial charge in [0.2, 0.25) is 5.95 Å². The lowest BCUT2D eigenvalue weighted by molar-refractivity contribution is 0.238. The zero-order valence-corrected chi connectivity index (χ0v) is 19.1. The summed E-state index contributed by atoms with van der Waals surface area (Å²) in [7, 11) is 4.98. The van der Waals surface area contributed by atoms with Crippen LogP contribution in [-0.4, -0.2) is 80.4 Å². The molecule has 0 bridgehead atoms. The second-order valence-corrected chi connectivity index (χ2v) is 8.04. The zero-order chi connectivity index (χ0) is 21.8. The Labute approximate surface area is 184 Å². The van der Waals surface area contributed by atoms with Crippen molar-refractivity contribution in [3.05, 3.63) is 35.2 Å². The van der Waals surface area contributed by atoms with Crippen LogP contribution in [-0.2, 0) is 19.5 Å². The summed E-state index contributed by atoms with van der Waals surface area (Å²) in [5, 5.41) is 0. The zero-order valence-electron chi connectivity index (χ0n) is 19.1. The van der Waals surface area contributed by atoms with Gasteiger partial charge in [-0.25, -0.2) is 9.97 Å². The van der Waals surface area contributed by atoms with Gasteiger partial charge in [0.1, 0.15) is 5.75 Å². The van der Waals surface area contributed by atoms with Gasteiger partial charge in [0.25, 0.3) is 0 Å². The fraction of sp³-hybridized carbons (Fsp3) is 0.565. The molecule has 31 heavy (non-hydrogen) atoms. The summed E-state index contributed by atoms with van der Waals surface area (Å²) in [6.07, 6.45) is 2.94. The Hall–Kier alpha value is -2.58. The number of hydrogen-bond donors (Lipinski definition) is 0. The highest BCUT2D eigenvalue weighted by Crippen LogP contribution is 2.35. The minimum absolute atomic E-state index is 0.674. The smallest absolute Gasteiger partial charge is 0.225 e. The third kappa shape index (κ3) is 4.70. The van der Waals surface area contributed by atoms with E-state index in [-0.39, 0.29) is 0 Å². The van der Waals surface area contributed by atoms with Crippen molar-refractivity contribution in [2.45, 2.75) is 26.4 Å². The summed E-state index contributed by atoms with van der Waals surface area (Å²) >= 11 is 0. The van der Waals surface area contributed by atoms with Crippen LogP contribution in [0, 0.1) is 0 Å². The maximum Gasteiger partial charge on any atom is 0.225 e. The van der Waals surface area contributed by atoms with E-state index in [9.17, 15) is 0 Å². The van der Waals surface area contributed by atoms with Crippen molar-refractivity contribution in [3.63, 3.8) is 0 Å². The molecule has 0 amide bonds. The summed E-state index contributed by atoms with van der Waals surface area (Å²) in [5.41, 5.74) is 3.47. The van der Waals surface area contributed by atoms with E-state index in [0.29, 0.717) is 11.5 Å². The maximum atomic E-state index is 5.60. The molecule has 0 unspecified atom stereocenters. The molecule has 1 fully saturated rings. The normalized spacial score (nSPS) is 17.4. The van der Waals surface area contributed by atoms with E-state index in [1.165, 1.54) is 11.3 Å². The van der Waals surface area contributed by atoms with Crippen molar-refractivity contribution in [2.75, 3.05) is 65.5 Å². The van der Waals surface area contributed by atoms with Crippen molar-refractivity contribution in [1.82, 2.24) is 19.8 Å². The first kappa shape index (κ1) is 21.6. The summed E-state index contributed by atoms with van der Waals surface area (Å²) in [6.45, 7) is 10.0. The molecule has 1 saturated heterocycles. The summed E-state index contributed by atoms with van der Waals surface area (Å²) in [6, 6.07) is 3.89. The van der Waals surface area contributed by atoms with Crippen molar-refractivity contribution < 1.29 is 14.2 Å². The quantitative estimate of drug-likeness (QED) is 0.667. The molecule has 1 aromatic heterocycles. The predicted octanol–water partition coefficient (Wildman–Crippen LogP) is 2.20. The second kappa shape index (κ2) is 9.70. The van der Waals surface area contributed by atoms with E-state index in [2.05, 4.69) is 21.6 Å². The Morgan fingerprint density at radius 2 is 1.58 bits per heavy atom. The first-order valence-electron chi connectivity index (χ1n) is 11.0. The van der Waals surface area contributed by atoms with Crippen LogP contribution in [0.4, 0.5) is 5.95 Å². The average molecular weight is 428 g/mol. The van der Waals surface area contributed by atoms with Crippen LogP contribution in [0.3, 0.4) is 0 Å². The Morgan fingerprint density at radius 1 is 0.871 bits per heavy atom. The number of benzene rings is 1. The molecule has 168 valence electrons. The second-order valence-electron chi connectivity index (χ2n) is 8.04. The number of methoxy groups -OCH3 is 3. The van der Waals surface area contributed by atoms with Crippen LogP contribution >= 0.6 is 0 Å². The number of hydrogen-bond acceptors (Lipinski definition) is 8. The van der Waals surface area contributed by atoms with Gasteiger partial charge in [-0.05, 0) is 12.6 Å². The highest BCUT2D eigenvalue weighted by atomic mass is 16.5. The van der Waals surface area contributed by atoms with E-state index in [1.807, 2.05) is 18.3 Å². The van der Waals surface area contributed by atoms with Gasteiger partial charge in [0.15, 0.2) is 11.5 Å². The van der Waals surface area contributed by atoms with Gasteiger partial charge < -0.3 is 24.0 Å². The van der Waals surface area contributed by atoms with Crippen LogP contribution in [0.2, 0.25) is 0 Å². The van der Waals surface area contributed by atoms with Gasteiger partial charge in [0.05, 0.1) is 27.0 Å². The van der Waals surface area contributed by atoms with E-state index in [1.54, 1.807) is 21.3 Å². The first-order chi connectivity index (χ1) is 15.1. The molecule has 8 heteroatoms. The molecule has 2 aliphatic heterocycles. The maximum absolute atomic E-state index is 5.60. The fourth-order valence-corrected chi connectivity index (χ4v) is 4.37. The molecule has 0 aliphatic carbocycles. The Balaban J connectivity index is 1.45. The lowest BCUT2D eigenvalue weighted by Gasteiger charge is -2.35. The molecular formula is C23H33N5O3. The van der Waals surface area contributed by atoms with Crippen molar-refractivity contribution >= 4 is 5.95 Å². The molecule has 2 aromatic rings. The highest BCUT2D eigenvalue weighted by molar-refractivity contribution is 5.50. The third-order valence-corrected chi connectivity index (χ3v) is 6.28. The Bertz CT molecular complexity index is 899. The molecule has 0 spiro atoms. The molecule has 1 aromatic carbocycles. The van der Waals surface area contributed by atoms with Crippen LogP contribution < -0.4 is 19.1 Å². The number of fused-ring (bicyclic) bond motifs is 1. The lowest BCUT2D eigenvalue weighted by Crippen LogP contribution is -2.47. The highest BCUT2D eigenvalue weighted by Gasteiger charge is 2.23. The molecule has 0 radical (unpaired) electrons. The minimum atomic E-state index is 0.674. The van der Waals surface area contributed by atoms with Crippen LogP contribution in [0.25, 0.3) is 0 Å². The van der Waals surface area contributed by atoms with Crippen molar-refractivity contribution in [2.24, 2.45) is 0 Å². The molecule has 4 rings (SSSR count). The minimum Gasteiger partial charge on any atom is -0.496 e. The Morgan fingerprint density at radius 3 is 2.26 bits per heavy atom. The standard InChI is InChI=1S/C23H33N5O3/c1-5-26-8-10-28(11-9-26)23-24-14-18-16-27(7-6-19(18)25-23)15-17-12-21(30-3)22(31-4)13-20(17)29-2/h12-14H,5-11,15-16H2,1-4H3. The largest absolute Gasteiger partial charge is 0.496 e. The van der Waals surface area contributed by atoms with Crippen LogP contribution in [0.5, 0.6) is 17.2 Å². The van der Waals surface area contributed by atoms with Gasteiger partial charge in [-0.3, -0.25) is 4.90 Å². The number of nitrogens with zero attached hydrogens (tertiary/aromatic N) is 5. The van der Waals surface area contributed by atoms with E-state index in [4.69, 9.17) is 24.2 Å². The summed E-state index contributed by atoms with van der Waals surface area (Å²) in [4.78, 5) is 16.8. The number of anilines is 1. The number of ether oxygens (including phenoxy) is 3. The first-order valence-corrected chi connectivity index (χ1v) is 11.0. The molecular weight excluding hydrogens is 394 g/mol. The van der Waals surface area contributed by atoms with E-state index < -0.39 is 0 Å². The average Bonchev–Trinajstić information content (AvgIpc) is 2.83. The molecule has 0 atom stereocenters. The SMILES string of the molecule is CCN1CCN(c2ncc3c(n2)CCN(Cc2cc(OC)c(OC)cc2OC)C3)CC1. The topological polar surface area (TPSA) is 63.2 Å². The summed E-state index contributed by atoms with van der Waals surface area (Å²) in [5.74, 6) is 3.07. The fourth-order valence-electron chi connectivity index (χ4n) is 4.37. The van der Waals surface area contributed by atoms with Crippen molar-refractivity contribution in [1.29, 1.82) is 0 Å². The number of aromatic nitrogens is 2. The molecule has 0 N–H and O–H groups in total. The molecule has 8 nitrogen and oxygen atoms in total. The van der Waals surface area contributed by atoms with Gasteiger partial charge in [-0.1, -0.05) is 6.92 Å². The van der Waals surface area contributed by atoms with Crippen LogP contribution in [0.15, 0.2) is 18.3 Å². The van der Waals surface area contributed by atoms with E-state index in [0.717, 1.165) is 76.0 Å². The van der Waals surface area contributed by atoms with Crippen LogP contribution in [0.1, 0.15) is 23.7 Å². The Kier molecular flexibility index (Phi) is 6.77. The molecule has 2 aliphatic rings. The lowest BCUT2D eigenvalue weighted by atomic mass is 10.1. The van der Waals surface area contributed by atoms with Gasteiger partial charge in [-0.2, -0.15) is 0 Å². The van der Waals surface area contributed by atoms with E-state index >= 15 is 0 Å². The third-order valence-electron chi connectivity index (χ3n) is 6.28. The molecule has 3 heterocycles. The number of piperazine rings is 1. The number of rotatable bonds is 7. The number of likely N-dealkylation sites (N-methyl/N-ethyl adjacent to an activating group) is 1. The summed E-state index contributed by atoms with van der Waals surface area (Å²) < 4.78 is 16.5. The molecule has 0 saturated carbocycles. The van der Waals surface area contributed by atoms with Gasteiger partial charge in [0, 0.05) is 75.6 Å². The van der Waals surface area contributed by atoms with Gasteiger partial charge >= 0.3 is 0 Å². The predicted molar refractivity (Wildman–Crippen MR) is 120 cm³/mol. The van der Waals surface area contributed by atoms with Gasteiger partial charge in [-0.15, -0.1) is 0 Å². The van der Waals surface area contributed by atoms with Crippen molar-refractivity contribution in [3.8, 4) is 17.2 Å². The monoisotopic (exact) mass is 427 g/mol.